The van der Waals surface area contributed by atoms with E-state index in [0.29, 0.717) is 5.41 Å². The summed E-state index contributed by atoms with van der Waals surface area (Å²) in [6, 6.07) is 19.3. The van der Waals surface area contributed by atoms with Crippen molar-refractivity contribution in [2.45, 2.75) is 77.4 Å². The number of nitrogens with zero attached hydrogens (tertiary/aromatic N) is 1. The van der Waals surface area contributed by atoms with Crippen LogP contribution in [0.2, 0.25) is 0 Å². The van der Waals surface area contributed by atoms with Gasteiger partial charge in [0.1, 0.15) is 11.9 Å². The third kappa shape index (κ3) is 7.12. The van der Waals surface area contributed by atoms with Crippen LogP contribution in [-0.4, -0.2) is 50.3 Å². The van der Waals surface area contributed by atoms with Crippen LogP contribution in [0.4, 0.5) is 0 Å². The molecule has 0 radical (unpaired) electrons. The van der Waals surface area contributed by atoms with Crippen LogP contribution in [-0.2, 0) is 11.2 Å². The Bertz CT molecular complexity index is 923. The Hall–Kier alpha value is -1.88. The van der Waals surface area contributed by atoms with Crippen LogP contribution in [0.15, 0.2) is 54.6 Å². The molecule has 0 saturated carbocycles. The van der Waals surface area contributed by atoms with Crippen molar-refractivity contribution in [1.82, 2.24) is 10.2 Å². The van der Waals surface area contributed by atoms with Gasteiger partial charge < -0.3 is 19.7 Å². The van der Waals surface area contributed by atoms with E-state index >= 15 is 0 Å². The molecule has 0 bridgehead atoms. The van der Waals surface area contributed by atoms with Crippen LogP contribution in [0.5, 0.6) is 5.75 Å². The lowest BCUT2D eigenvalue weighted by atomic mass is 9.61. The average Bonchev–Trinajstić information content (AvgIpc) is 2.90. The Balaban J connectivity index is 1.30. The summed E-state index contributed by atoms with van der Waals surface area (Å²) in [6.07, 6.45) is 8.49. The molecule has 2 aliphatic rings. The highest BCUT2D eigenvalue weighted by Gasteiger charge is 2.45. The molecule has 2 saturated heterocycles. The minimum absolute atomic E-state index is 0.0328. The molecule has 2 atom stereocenters. The van der Waals surface area contributed by atoms with Crippen LogP contribution >= 0.6 is 0 Å². The van der Waals surface area contributed by atoms with E-state index in [9.17, 15) is 0 Å². The Morgan fingerprint density at radius 1 is 1.08 bits per heavy atom. The van der Waals surface area contributed by atoms with Gasteiger partial charge in [0, 0.05) is 19.6 Å². The molecule has 2 aromatic rings. The summed E-state index contributed by atoms with van der Waals surface area (Å²) < 4.78 is 12.6. The summed E-state index contributed by atoms with van der Waals surface area (Å²) in [5.41, 5.74) is 3.11. The second-order valence-corrected chi connectivity index (χ2v) is 11.7. The van der Waals surface area contributed by atoms with Crippen molar-refractivity contribution < 1.29 is 9.47 Å². The van der Waals surface area contributed by atoms with Crippen molar-refractivity contribution in [3.05, 3.63) is 65.7 Å². The van der Waals surface area contributed by atoms with E-state index < -0.39 is 0 Å². The quantitative estimate of drug-likeness (QED) is 0.380. The summed E-state index contributed by atoms with van der Waals surface area (Å²) in [5, 5.41) is 3.26. The molecule has 1 unspecified atom stereocenters. The number of hydrogen-bond donors (Lipinski definition) is 1. The SMILES string of the molecule is CCC1(C2CCN(CCc3cccc(O[C@H](CCNC)c4ccccc4)c3)CC2)CCOC(C)(C)C1. The summed E-state index contributed by atoms with van der Waals surface area (Å²) in [5.74, 6) is 1.81. The van der Waals surface area contributed by atoms with E-state index in [0.717, 1.165) is 44.2 Å². The maximum Gasteiger partial charge on any atom is 0.125 e. The molecule has 2 aliphatic heterocycles. The van der Waals surface area contributed by atoms with Gasteiger partial charge in [0.15, 0.2) is 0 Å². The Labute approximate surface area is 219 Å². The highest BCUT2D eigenvalue weighted by atomic mass is 16.5. The molecule has 198 valence electrons. The van der Waals surface area contributed by atoms with Gasteiger partial charge in [-0.25, -0.2) is 0 Å². The van der Waals surface area contributed by atoms with Gasteiger partial charge in [-0.3, -0.25) is 0 Å². The zero-order chi connectivity index (χ0) is 25.4. The van der Waals surface area contributed by atoms with E-state index in [-0.39, 0.29) is 11.7 Å². The molecular formula is C32H48N2O2. The molecule has 4 rings (SSSR count). The molecule has 4 heteroatoms. The number of hydrogen-bond acceptors (Lipinski definition) is 4. The largest absolute Gasteiger partial charge is 0.486 e. The number of ether oxygens (including phenoxy) is 2. The van der Waals surface area contributed by atoms with Crippen LogP contribution in [0.1, 0.15) is 76.5 Å². The number of likely N-dealkylation sites (tertiary alicyclic amines) is 1. The monoisotopic (exact) mass is 492 g/mol. The minimum atomic E-state index is 0.0328. The molecule has 2 heterocycles. The number of benzene rings is 2. The molecule has 36 heavy (non-hydrogen) atoms. The van der Waals surface area contributed by atoms with Crippen molar-refractivity contribution in [3.63, 3.8) is 0 Å². The molecule has 0 spiro atoms. The fraction of sp³-hybridized carbons (Fsp3) is 0.625. The number of piperidine rings is 1. The van der Waals surface area contributed by atoms with E-state index in [2.05, 4.69) is 85.6 Å². The molecule has 0 aliphatic carbocycles. The summed E-state index contributed by atoms with van der Waals surface area (Å²) in [6.45, 7) is 12.4. The van der Waals surface area contributed by atoms with Crippen LogP contribution in [0.25, 0.3) is 0 Å². The van der Waals surface area contributed by atoms with Gasteiger partial charge in [-0.05, 0) is 107 Å². The first-order valence-electron chi connectivity index (χ1n) is 14.2. The van der Waals surface area contributed by atoms with Crippen molar-refractivity contribution >= 4 is 0 Å². The van der Waals surface area contributed by atoms with Crippen LogP contribution in [0, 0.1) is 11.3 Å². The Morgan fingerprint density at radius 3 is 2.56 bits per heavy atom. The van der Waals surface area contributed by atoms with Crippen molar-refractivity contribution in [2.75, 3.05) is 39.8 Å². The second kappa shape index (κ2) is 12.6. The van der Waals surface area contributed by atoms with E-state index in [4.69, 9.17) is 9.47 Å². The molecule has 2 fully saturated rings. The summed E-state index contributed by atoms with van der Waals surface area (Å²) in [7, 11) is 2.00. The number of rotatable bonds is 11. The van der Waals surface area contributed by atoms with Gasteiger partial charge in [-0.15, -0.1) is 0 Å². The summed E-state index contributed by atoms with van der Waals surface area (Å²) in [4.78, 5) is 2.68. The fourth-order valence-electron chi connectivity index (χ4n) is 6.69. The average molecular weight is 493 g/mol. The maximum absolute atomic E-state index is 6.49. The second-order valence-electron chi connectivity index (χ2n) is 11.7. The lowest BCUT2D eigenvalue weighted by molar-refractivity contribution is -0.130. The normalized spacial score (nSPS) is 23.9. The minimum Gasteiger partial charge on any atom is -0.486 e. The maximum atomic E-state index is 6.49. The predicted molar refractivity (Wildman–Crippen MR) is 150 cm³/mol. The lowest BCUT2D eigenvalue weighted by Gasteiger charge is -2.51. The predicted octanol–water partition coefficient (Wildman–Crippen LogP) is 6.66. The standard InChI is InChI=1S/C32H48N2O2/c1-5-32(18-23-35-31(2,3)25-32)28-16-21-34(22-17-28)20-15-26-10-9-13-29(24-26)36-30(14-19-33-4)27-11-7-6-8-12-27/h6-13,24,28,30,33H,5,14-23,25H2,1-4H3/t30-,32?/m1/s1. The highest BCUT2D eigenvalue weighted by Crippen LogP contribution is 2.50. The van der Waals surface area contributed by atoms with Gasteiger partial charge >= 0.3 is 0 Å². The highest BCUT2D eigenvalue weighted by molar-refractivity contribution is 5.30. The molecule has 1 N–H and O–H groups in total. The smallest absolute Gasteiger partial charge is 0.125 e. The molecule has 4 nitrogen and oxygen atoms in total. The van der Waals surface area contributed by atoms with Crippen molar-refractivity contribution in [1.29, 1.82) is 0 Å². The zero-order valence-corrected chi connectivity index (χ0v) is 23.1. The topological polar surface area (TPSA) is 33.7 Å². The molecule has 0 aromatic heterocycles. The Morgan fingerprint density at radius 2 is 1.86 bits per heavy atom. The van der Waals surface area contributed by atoms with Gasteiger partial charge in [-0.1, -0.05) is 55.8 Å². The van der Waals surface area contributed by atoms with Crippen molar-refractivity contribution in [3.8, 4) is 5.75 Å². The zero-order valence-electron chi connectivity index (χ0n) is 23.1. The van der Waals surface area contributed by atoms with E-state index in [1.165, 1.54) is 56.3 Å². The third-order valence-corrected chi connectivity index (χ3v) is 8.75. The Kier molecular flexibility index (Phi) is 9.49. The first-order valence-corrected chi connectivity index (χ1v) is 14.2. The van der Waals surface area contributed by atoms with Gasteiger partial charge in [-0.2, -0.15) is 0 Å². The van der Waals surface area contributed by atoms with Crippen LogP contribution < -0.4 is 10.1 Å². The molecular weight excluding hydrogens is 444 g/mol. The summed E-state index contributed by atoms with van der Waals surface area (Å²) >= 11 is 0. The fourth-order valence-corrected chi connectivity index (χ4v) is 6.69. The van der Waals surface area contributed by atoms with E-state index in [1.807, 2.05) is 7.05 Å². The van der Waals surface area contributed by atoms with Gasteiger partial charge in [0.2, 0.25) is 0 Å². The molecule has 2 aromatic carbocycles. The number of nitrogens with one attached hydrogen (secondary N) is 1. The molecule has 0 amide bonds. The van der Waals surface area contributed by atoms with Gasteiger partial charge in [0.25, 0.3) is 0 Å². The van der Waals surface area contributed by atoms with E-state index in [1.54, 1.807) is 0 Å². The first-order chi connectivity index (χ1) is 17.4. The third-order valence-electron chi connectivity index (χ3n) is 8.75. The van der Waals surface area contributed by atoms with Crippen LogP contribution in [0.3, 0.4) is 0 Å². The van der Waals surface area contributed by atoms with Crippen molar-refractivity contribution in [2.24, 2.45) is 11.3 Å². The van der Waals surface area contributed by atoms with Gasteiger partial charge in [0.05, 0.1) is 5.60 Å². The first kappa shape index (κ1) is 27.2. The lowest BCUT2D eigenvalue weighted by Crippen LogP contribution is -2.48.